The molecule has 2 heterocycles. The Hall–Kier alpha value is -3.57. The Morgan fingerprint density at radius 2 is 1.75 bits per heavy atom. The lowest BCUT2D eigenvalue weighted by Crippen LogP contribution is -2.57. The molecule has 1 aromatic rings. The molecule has 2 amide bonds. The molecule has 15 heteroatoms. The molecule has 8 atom stereocenters. The lowest BCUT2D eigenvalue weighted by Gasteiger charge is -2.42. The number of nitrogens with zero attached hydrogens (tertiary/aromatic N) is 1. The lowest BCUT2D eigenvalue weighted by molar-refractivity contribution is -0.172. The number of esters is 1. The fourth-order valence-electron chi connectivity index (χ4n) is 8.09. The summed E-state index contributed by atoms with van der Waals surface area (Å²) in [4.78, 5) is 61.8. The van der Waals surface area contributed by atoms with Gasteiger partial charge in [-0.05, 0) is 70.8 Å². The van der Waals surface area contributed by atoms with Gasteiger partial charge in [0.25, 0.3) is 0 Å². The monoisotopic (exact) mass is 828 g/mol. The standard InChI is InChI=1S/C44H68N4O11/c1-31(2)14-15-37-43(5,59-37)41-40(54-6)36(16-18-44(41)30-57-44)58-39(52)13-10-23-55-25-26-56-24-20-45-38(51)17-21-48(34(29-50)27-32(3)4)47-35(42(53)46-19-22-49)28-33-11-8-7-9-12-33/h7-9,11-12,14,22,29,32,34-37,40-41,47H,10,13,15-21,23-28,30H2,1-6H3,(H,45,51)(H,46,53)/t34-,35-,36?,37+,40?,41?,43-,44-/m0/s1. The average Bonchev–Trinajstić information content (AvgIpc) is 4.14. The third kappa shape index (κ3) is 15.1. The van der Waals surface area contributed by atoms with Crippen molar-refractivity contribution in [2.75, 3.05) is 59.8 Å². The van der Waals surface area contributed by atoms with E-state index >= 15 is 0 Å². The molecule has 0 bridgehead atoms. The molecule has 59 heavy (non-hydrogen) atoms. The first-order valence-electron chi connectivity index (χ1n) is 21.2. The maximum absolute atomic E-state index is 13.0. The highest BCUT2D eigenvalue weighted by Gasteiger charge is 2.72. The molecule has 3 aliphatic rings. The number of aldehydes is 2. The Morgan fingerprint density at radius 3 is 2.39 bits per heavy atom. The zero-order chi connectivity index (χ0) is 42.8. The van der Waals surface area contributed by atoms with E-state index in [1.165, 1.54) is 5.57 Å². The molecule has 2 saturated heterocycles. The predicted molar refractivity (Wildman–Crippen MR) is 220 cm³/mol. The van der Waals surface area contributed by atoms with Gasteiger partial charge in [0.2, 0.25) is 11.8 Å². The van der Waals surface area contributed by atoms with Crippen molar-refractivity contribution in [2.45, 2.75) is 128 Å². The van der Waals surface area contributed by atoms with Crippen molar-refractivity contribution in [1.29, 1.82) is 0 Å². The van der Waals surface area contributed by atoms with Crippen LogP contribution in [-0.4, -0.2) is 137 Å². The van der Waals surface area contributed by atoms with Crippen LogP contribution in [0.15, 0.2) is 42.0 Å². The van der Waals surface area contributed by atoms with Crippen LogP contribution in [0.4, 0.5) is 0 Å². The summed E-state index contributed by atoms with van der Waals surface area (Å²) in [7, 11) is 1.67. The Bertz CT molecular complexity index is 1520. The summed E-state index contributed by atoms with van der Waals surface area (Å²) in [6.45, 7) is 12.6. The summed E-state index contributed by atoms with van der Waals surface area (Å²) in [5, 5.41) is 7.09. The van der Waals surface area contributed by atoms with Crippen LogP contribution >= 0.6 is 0 Å². The summed E-state index contributed by atoms with van der Waals surface area (Å²) in [5.41, 5.74) is 4.68. The zero-order valence-corrected chi connectivity index (χ0v) is 35.9. The summed E-state index contributed by atoms with van der Waals surface area (Å²) in [6, 6.07) is 8.07. The summed E-state index contributed by atoms with van der Waals surface area (Å²) >= 11 is 0. The molecule has 3 fully saturated rings. The van der Waals surface area contributed by atoms with Gasteiger partial charge in [-0.1, -0.05) is 55.8 Å². The van der Waals surface area contributed by atoms with Crippen LogP contribution in [0.5, 0.6) is 0 Å². The van der Waals surface area contributed by atoms with Crippen molar-refractivity contribution < 1.29 is 52.4 Å². The van der Waals surface area contributed by atoms with Gasteiger partial charge in [-0.2, -0.15) is 0 Å². The van der Waals surface area contributed by atoms with Crippen molar-refractivity contribution in [3.63, 3.8) is 0 Å². The molecule has 0 radical (unpaired) electrons. The van der Waals surface area contributed by atoms with Crippen LogP contribution in [0, 0.1) is 11.8 Å². The second-order valence-corrected chi connectivity index (χ2v) is 16.6. The fourth-order valence-corrected chi connectivity index (χ4v) is 8.09. The minimum atomic E-state index is -0.777. The SMILES string of the molecule is COC1C(OC(=O)CCCOCCOCCNC(=O)CCN(N[C@@H](Cc2ccccc2)C(=O)NCC=O)[C@H](C=O)CC(C)C)CC[C@]2(CO2)C1[C@@]1(C)O[C@@H]1CC=C(C)C. The number of rotatable bonds is 29. The summed E-state index contributed by atoms with van der Waals surface area (Å²) in [6.07, 6.45) is 6.98. The molecule has 330 valence electrons. The van der Waals surface area contributed by atoms with Crippen LogP contribution in [0.2, 0.25) is 0 Å². The Morgan fingerprint density at radius 1 is 1.02 bits per heavy atom. The van der Waals surface area contributed by atoms with Gasteiger partial charge in [-0.15, -0.1) is 0 Å². The van der Waals surface area contributed by atoms with Crippen molar-refractivity contribution >= 4 is 30.4 Å². The topological polar surface area (TPSA) is 187 Å². The molecule has 3 N–H and O–H groups in total. The maximum Gasteiger partial charge on any atom is 0.306 e. The summed E-state index contributed by atoms with van der Waals surface area (Å²) in [5.74, 6) is -0.743. The molecular formula is C44H68N4O11. The van der Waals surface area contributed by atoms with E-state index < -0.39 is 17.7 Å². The van der Waals surface area contributed by atoms with Crippen molar-refractivity contribution in [3.8, 4) is 0 Å². The van der Waals surface area contributed by atoms with Crippen molar-refractivity contribution in [1.82, 2.24) is 21.1 Å². The molecule has 1 aliphatic carbocycles. The molecule has 1 saturated carbocycles. The number of methoxy groups -OCH3 is 1. The van der Waals surface area contributed by atoms with Gasteiger partial charge in [-0.3, -0.25) is 14.4 Å². The molecule has 4 rings (SSSR count). The first-order valence-corrected chi connectivity index (χ1v) is 21.2. The summed E-state index contributed by atoms with van der Waals surface area (Å²) < 4.78 is 35.5. The van der Waals surface area contributed by atoms with Crippen LogP contribution in [0.25, 0.3) is 0 Å². The molecule has 15 nitrogen and oxygen atoms in total. The maximum atomic E-state index is 13.0. The quantitative estimate of drug-likeness (QED) is 0.0267. The number of hydrogen-bond donors (Lipinski definition) is 3. The first kappa shape index (κ1) is 48.1. The molecular weight excluding hydrogens is 761 g/mol. The van der Waals surface area contributed by atoms with E-state index in [-0.39, 0.29) is 92.6 Å². The number of ether oxygens (including phenoxy) is 6. The van der Waals surface area contributed by atoms with Crippen LogP contribution in [-0.2, 0) is 58.8 Å². The average molecular weight is 829 g/mol. The predicted octanol–water partition coefficient (Wildman–Crippen LogP) is 3.27. The van der Waals surface area contributed by atoms with E-state index in [9.17, 15) is 24.0 Å². The number of benzene rings is 1. The fraction of sp³-hybridized carbons (Fsp3) is 0.705. The third-order valence-corrected chi connectivity index (χ3v) is 11.3. The minimum absolute atomic E-state index is 0.0253. The second-order valence-electron chi connectivity index (χ2n) is 16.6. The van der Waals surface area contributed by atoms with Crippen LogP contribution in [0.1, 0.15) is 85.1 Å². The molecule has 2 aliphatic heterocycles. The highest BCUT2D eigenvalue weighted by molar-refractivity contribution is 5.83. The Balaban J connectivity index is 1.11. The van der Waals surface area contributed by atoms with E-state index in [1.54, 1.807) is 12.1 Å². The van der Waals surface area contributed by atoms with E-state index in [4.69, 9.17) is 28.4 Å². The Labute approximate surface area is 349 Å². The third-order valence-electron chi connectivity index (χ3n) is 11.3. The highest BCUT2D eigenvalue weighted by atomic mass is 16.6. The van der Waals surface area contributed by atoms with Gasteiger partial charge in [0, 0.05) is 39.6 Å². The first-order chi connectivity index (χ1) is 28.3. The number of nitrogens with one attached hydrogen (secondary N) is 3. The second kappa shape index (κ2) is 24.0. The number of allylic oxidation sites excluding steroid dienone is 1. The van der Waals surface area contributed by atoms with Gasteiger partial charge < -0.3 is 48.6 Å². The largest absolute Gasteiger partial charge is 0.460 e. The molecule has 0 aromatic heterocycles. The van der Waals surface area contributed by atoms with E-state index in [0.717, 1.165) is 24.7 Å². The van der Waals surface area contributed by atoms with E-state index in [1.807, 2.05) is 44.2 Å². The van der Waals surface area contributed by atoms with Crippen molar-refractivity contribution in [3.05, 3.63) is 47.5 Å². The molecule has 1 aromatic carbocycles. The number of carbonyl (C=O) groups excluding carboxylic acids is 5. The number of carbonyl (C=O) groups is 5. The Kier molecular flexibility index (Phi) is 19.6. The zero-order valence-electron chi connectivity index (χ0n) is 35.9. The molecule has 1 spiro atoms. The number of hydrazine groups is 1. The van der Waals surface area contributed by atoms with Gasteiger partial charge in [0.1, 0.15) is 42.0 Å². The van der Waals surface area contributed by atoms with Crippen molar-refractivity contribution in [2.24, 2.45) is 11.8 Å². The molecule has 3 unspecified atom stereocenters. The van der Waals surface area contributed by atoms with Gasteiger partial charge >= 0.3 is 5.97 Å². The number of epoxide rings is 2. The van der Waals surface area contributed by atoms with Gasteiger partial charge in [-0.25, -0.2) is 10.4 Å². The van der Waals surface area contributed by atoms with Crippen LogP contribution in [0.3, 0.4) is 0 Å². The normalized spacial score (nSPS) is 25.6. The number of amides is 2. The van der Waals surface area contributed by atoms with E-state index in [0.29, 0.717) is 58.4 Å². The van der Waals surface area contributed by atoms with Gasteiger partial charge in [0.05, 0.1) is 51.0 Å². The highest BCUT2D eigenvalue weighted by Crippen LogP contribution is 2.59. The van der Waals surface area contributed by atoms with E-state index in [2.05, 4.69) is 42.9 Å². The van der Waals surface area contributed by atoms with Gasteiger partial charge in [0.15, 0.2) is 0 Å². The smallest absolute Gasteiger partial charge is 0.306 e. The lowest BCUT2D eigenvalue weighted by atomic mass is 9.68. The number of hydrogen-bond acceptors (Lipinski definition) is 13. The van der Waals surface area contributed by atoms with Crippen LogP contribution < -0.4 is 16.1 Å². The minimum Gasteiger partial charge on any atom is -0.460 e.